The minimum atomic E-state index is -0.358. The monoisotopic (exact) mass is 306 g/mol. The molecule has 3 rings (SSSR count). The van der Waals surface area contributed by atoms with E-state index in [0.29, 0.717) is 18.8 Å². The van der Waals surface area contributed by atoms with E-state index in [1.54, 1.807) is 17.3 Å². The number of amides is 4. The number of aromatic nitrogens is 1. The molecule has 0 aromatic carbocycles. The van der Waals surface area contributed by atoms with Gasteiger partial charge in [0.05, 0.1) is 18.3 Å². The van der Waals surface area contributed by atoms with Gasteiger partial charge in [0.15, 0.2) is 0 Å². The van der Waals surface area contributed by atoms with E-state index in [1.807, 2.05) is 12.1 Å². The van der Waals surface area contributed by atoms with Crippen molar-refractivity contribution in [2.45, 2.75) is 10.9 Å². The quantitative estimate of drug-likeness (QED) is 0.622. The number of thioether (sulfide) groups is 1. The Morgan fingerprint density at radius 3 is 2.67 bits per heavy atom. The summed E-state index contributed by atoms with van der Waals surface area (Å²) in [5.41, 5.74) is 0. The van der Waals surface area contributed by atoms with Gasteiger partial charge in [-0.25, -0.2) is 4.79 Å². The van der Waals surface area contributed by atoms with Gasteiger partial charge in [-0.2, -0.15) is 0 Å². The van der Waals surface area contributed by atoms with Crippen LogP contribution in [0.25, 0.3) is 0 Å². The van der Waals surface area contributed by atoms with Crippen LogP contribution in [0, 0.1) is 0 Å². The molecule has 2 aliphatic heterocycles. The van der Waals surface area contributed by atoms with Crippen molar-refractivity contribution in [2.75, 3.05) is 25.4 Å². The van der Waals surface area contributed by atoms with E-state index in [4.69, 9.17) is 0 Å². The highest BCUT2D eigenvalue weighted by molar-refractivity contribution is 8.00. The van der Waals surface area contributed by atoms with Crippen molar-refractivity contribution in [3.05, 3.63) is 24.5 Å². The van der Waals surface area contributed by atoms with Crippen LogP contribution in [0.4, 0.5) is 4.79 Å². The molecule has 0 spiro atoms. The molecule has 1 aromatic rings. The number of nitrogens with one attached hydrogen (secondary N) is 1. The Morgan fingerprint density at radius 2 is 2.05 bits per heavy atom. The molecule has 3 heterocycles. The van der Waals surface area contributed by atoms with E-state index < -0.39 is 0 Å². The highest BCUT2D eigenvalue weighted by Crippen LogP contribution is 2.21. The number of carbonyl (C=O) groups is 3. The summed E-state index contributed by atoms with van der Waals surface area (Å²) < 4.78 is 0. The van der Waals surface area contributed by atoms with Crippen molar-refractivity contribution in [3.63, 3.8) is 0 Å². The lowest BCUT2D eigenvalue weighted by atomic mass is 10.1. The predicted molar refractivity (Wildman–Crippen MR) is 75.6 cm³/mol. The minimum absolute atomic E-state index is 0.0140. The average molecular weight is 306 g/mol. The van der Waals surface area contributed by atoms with E-state index in [2.05, 4.69) is 10.3 Å². The number of hydrogen-bond donors (Lipinski definition) is 1. The molecule has 8 heteroatoms. The van der Waals surface area contributed by atoms with Crippen molar-refractivity contribution in [3.8, 4) is 0 Å². The third kappa shape index (κ3) is 2.85. The standard InChI is InChI=1S/C13H14N4O3S/c18-11-5-15-13(20)17(11)9-6-16(7-9)12(19)8-21-10-1-3-14-4-2-10/h1-4,9H,5-8H2,(H,15,20). The Kier molecular flexibility index (Phi) is 3.78. The lowest BCUT2D eigenvalue weighted by Gasteiger charge is -2.42. The second-order valence-corrected chi connectivity index (χ2v) is 5.90. The molecule has 21 heavy (non-hydrogen) atoms. The molecule has 2 saturated heterocycles. The van der Waals surface area contributed by atoms with Gasteiger partial charge in [0.2, 0.25) is 11.8 Å². The number of hydrogen-bond acceptors (Lipinski definition) is 5. The number of pyridine rings is 1. The van der Waals surface area contributed by atoms with Gasteiger partial charge >= 0.3 is 6.03 Å². The van der Waals surface area contributed by atoms with Gasteiger partial charge in [-0.1, -0.05) is 0 Å². The van der Waals surface area contributed by atoms with Gasteiger partial charge in [0, 0.05) is 30.4 Å². The van der Waals surface area contributed by atoms with Gasteiger partial charge in [0.1, 0.15) is 0 Å². The largest absolute Gasteiger partial charge is 0.338 e. The summed E-state index contributed by atoms with van der Waals surface area (Å²) in [6.07, 6.45) is 3.37. The van der Waals surface area contributed by atoms with Crippen LogP contribution in [0.2, 0.25) is 0 Å². The Hall–Kier alpha value is -2.09. The first-order chi connectivity index (χ1) is 10.1. The van der Waals surface area contributed by atoms with Crippen molar-refractivity contribution in [1.82, 2.24) is 20.1 Å². The molecule has 1 aromatic heterocycles. The minimum Gasteiger partial charge on any atom is -0.338 e. The summed E-state index contributed by atoms with van der Waals surface area (Å²) in [6.45, 7) is 0.908. The second kappa shape index (κ2) is 5.72. The molecule has 0 unspecified atom stereocenters. The second-order valence-electron chi connectivity index (χ2n) is 4.85. The number of nitrogens with zero attached hydrogens (tertiary/aromatic N) is 3. The van der Waals surface area contributed by atoms with E-state index in [1.165, 1.54) is 16.7 Å². The molecule has 4 amide bonds. The third-order valence-electron chi connectivity index (χ3n) is 3.47. The maximum atomic E-state index is 12.0. The average Bonchev–Trinajstić information content (AvgIpc) is 2.77. The molecule has 0 aliphatic carbocycles. The van der Waals surface area contributed by atoms with Crippen LogP contribution >= 0.6 is 11.8 Å². The fraction of sp³-hybridized carbons (Fsp3) is 0.385. The molecule has 0 saturated carbocycles. The molecule has 2 fully saturated rings. The zero-order valence-corrected chi connectivity index (χ0v) is 12.0. The third-order valence-corrected chi connectivity index (χ3v) is 4.47. The van der Waals surface area contributed by atoms with Crippen LogP contribution in [-0.4, -0.2) is 64.1 Å². The zero-order chi connectivity index (χ0) is 14.8. The molecular weight excluding hydrogens is 292 g/mol. The predicted octanol–water partition coefficient (Wildman–Crippen LogP) is -0.0637. The molecule has 0 radical (unpaired) electrons. The van der Waals surface area contributed by atoms with Gasteiger partial charge in [0.25, 0.3) is 0 Å². The number of urea groups is 1. The van der Waals surface area contributed by atoms with Gasteiger partial charge in [-0.15, -0.1) is 11.8 Å². The Balaban J connectivity index is 1.46. The maximum Gasteiger partial charge on any atom is 0.324 e. The molecular formula is C13H14N4O3S. The smallest absolute Gasteiger partial charge is 0.324 e. The number of likely N-dealkylation sites (tertiary alicyclic amines) is 1. The zero-order valence-electron chi connectivity index (χ0n) is 11.2. The molecule has 7 nitrogen and oxygen atoms in total. The summed E-state index contributed by atoms with van der Waals surface area (Å²) in [4.78, 5) is 42.8. The fourth-order valence-corrected chi connectivity index (χ4v) is 3.08. The van der Waals surface area contributed by atoms with Gasteiger partial charge in [-0.05, 0) is 12.1 Å². The van der Waals surface area contributed by atoms with Crippen LogP contribution in [0.1, 0.15) is 0 Å². The molecule has 2 aliphatic rings. The highest BCUT2D eigenvalue weighted by Gasteiger charge is 2.42. The summed E-state index contributed by atoms with van der Waals surface area (Å²) in [5.74, 6) is 0.139. The van der Waals surface area contributed by atoms with Gasteiger partial charge < -0.3 is 10.2 Å². The first-order valence-corrected chi connectivity index (χ1v) is 7.54. The van der Waals surface area contributed by atoms with E-state index >= 15 is 0 Å². The fourth-order valence-electron chi connectivity index (χ4n) is 2.30. The van der Waals surface area contributed by atoms with E-state index in [9.17, 15) is 14.4 Å². The van der Waals surface area contributed by atoms with Crippen LogP contribution in [0.15, 0.2) is 29.4 Å². The molecule has 1 N–H and O–H groups in total. The van der Waals surface area contributed by atoms with Crippen LogP contribution in [0.5, 0.6) is 0 Å². The topological polar surface area (TPSA) is 82.6 Å². The molecule has 110 valence electrons. The molecule has 0 bridgehead atoms. The first kappa shape index (κ1) is 13.9. The van der Waals surface area contributed by atoms with Crippen molar-refractivity contribution in [2.24, 2.45) is 0 Å². The Morgan fingerprint density at radius 1 is 1.33 bits per heavy atom. The van der Waals surface area contributed by atoms with E-state index in [-0.39, 0.29) is 30.4 Å². The SMILES string of the molecule is O=C(CSc1ccncc1)N1CC(N2C(=O)CNC2=O)C1. The van der Waals surface area contributed by atoms with E-state index in [0.717, 1.165) is 4.90 Å². The number of rotatable bonds is 4. The Labute approximate surface area is 125 Å². The number of imide groups is 1. The summed E-state index contributed by atoms with van der Waals surface area (Å²) in [5, 5.41) is 2.48. The van der Waals surface area contributed by atoms with Crippen molar-refractivity contribution < 1.29 is 14.4 Å². The van der Waals surface area contributed by atoms with Crippen molar-refractivity contribution in [1.29, 1.82) is 0 Å². The van der Waals surface area contributed by atoms with Gasteiger partial charge in [-0.3, -0.25) is 19.5 Å². The first-order valence-electron chi connectivity index (χ1n) is 6.55. The van der Waals surface area contributed by atoms with Crippen molar-refractivity contribution >= 4 is 29.6 Å². The summed E-state index contributed by atoms with van der Waals surface area (Å²) in [7, 11) is 0. The van der Waals surface area contributed by atoms with Crippen LogP contribution in [-0.2, 0) is 9.59 Å². The van der Waals surface area contributed by atoms with Crippen LogP contribution < -0.4 is 5.32 Å². The normalized spacial score (nSPS) is 18.7. The summed E-state index contributed by atoms with van der Waals surface area (Å²) in [6, 6.07) is 3.16. The summed E-state index contributed by atoms with van der Waals surface area (Å²) >= 11 is 1.45. The Bertz CT molecular complexity index is 558. The lowest BCUT2D eigenvalue weighted by molar-refractivity contribution is -0.139. The lowest BCUT2D eigenvalue weighted by Crippen LogP contribution is -2.62. The maximum absolute atomic E-state index is 12.0. The van der Waals surface area contributed by atoms with Crippen LogP contribution in [0.3, 0.4) is 0 Å². The molecule has 0 atom stereocenters. The number of carbonyl (C=O) groups excluding carboxylic acids is 3. The highest BCUT2D eigenvalue weighted by atomic mass is 32.2.